The minimum Gasteiger partial charge on any atom is -0.386 e. The molecule has 1 aromatic carbocycles. The molecule has 2 aromatic rings. The molecule has 0 saturated heterocycles. The maximum absolute atomic E-state index is 12.1. The number of aliphatic hydroxyl groups excluding tert-OH is 1. The van der Waals surface area contributed by atoms with E-state index in [9.17, 15) is 8.78 Å². The Kier molecular flexibility index (Phi) is 4.48. The molecule has 0 aliphatic heterocycles. The number of alkyl halides is 2. The fourth-order valence-corrected chi connectivity index (χ4v) is 1.51. The van der Waals surface area contributed by atoms with Crippen molar-refractivity contribution in [2.24, 2.45) is 0 Å². The van der Waals surface area contributed by atoms with Crippen LogP contribution in [-0.2, 0) is 6.54 Å². The van der Waals surface area contributed by atoms with Crippen molar-refractivity contribution in [3.63, 3.8) is 0 Å². The van der Waals surface area contributed by atoms with Gasteiger partial charge in [-0.2, -0.15) is 4.68 Å². The van der Waals surface area contributed by atoms with Gasteiger partial charge in [-0.1, -0.05) is 18.2 Å². The number of para-hydroxylation sites is 1. The lowest BCUT2D eigenvalue weighted by atomic mass is 10.3. The van der Waals surface area contributed by atoms with Gasteiger partial charge in [-0.3, -0.25) is 0 Å². The number of tetrazole rings is 1. The number of nitrogens with one attached hydrogen (secondary N) is 1. The molecule has 1 atom stereocenters. The van der Waals surface area contributed by atoms with Crippen LogP contribution in [0.5, 0.6) is 0 Å². The lowest BCUT2D eigenvalue weighted by Gasteiger charge is -2.10. The standard InChI is InChI=1S/C11H13F2N5O/c12-11(13)9(19)6-14-7-10-15-16-17-18(10)8-4-2-1-3-5-8/h1-5,9,11,14,19H,6-7H2. The van der Waals surface area contributed by atoms with E-state index in [2.05, 4.69) is 20.8 Å². The van der Waals surface area contributed by atoms with Crippen LogP contribution in [0.3, 0.4) is 0 Å². The van der Waals surface area contributed by atoms with E-state index in [-0.39, 0.29) is 13.1 Å². The summed E-state index contributed by atoms with van der Waals surface area (Å²) in [5.74, 6) is 0.479. The van der Waals surface area contributed by atoms with Crippen molar-refractivity contribution in [3.8, 4) is 5.69 Å². The van der Waals surface area contributed by atoms with Crippen LogP contribution < -0.4 is 5.32 Å². The maximum Gasteiger partial charge on any atom is 0.265 e. The van der Waals surface area contributed by atoms with Crippen molar-refractivity contribution in [2.75, 3.05) is 6.54 Å². The van der Waals surface area contributed by atoms with Crippen LogP contribution in [0, 0.1) is 0 Å². The Morgan fingerprint density at radius 2 is 2.00 bits per heavy atom. The Labute approximate surface area is 108 Å². The third-order valence-corrected chi connectivity index (χ3v) is 2.46. The molecule has 0 amide bonds. The van der Waals surface area contributed by atoms with Gasteiger partial charge in [0.1, 0.15) is 6.10 Å². The topological polar surface area (TPSA) is 75.9 Å². The molecular formula is C11H13F2N5O. The van der Waals surface area contributed by atoms with Crippen LogP contribution in [-0.4, -0.2) is 44.4 Å². The van der Waals surface area contributed by atoms with Gasteiger partial charge in [0.2, 0.25) is 0 Å². The van der Waals surface area contributed by atoms with Gasteiger partial charge in [-0.05, 0) is 22.6 Å². The van der Waals surface area contributed by atoms with Gasteiger partial charge in [0.05, 0.1) is 12.2 Å². The Balaban J connectivity index is 1.97. The van der Waals surface area contributed by atoms with Crippen molar-refractivity contribution in [2.45, 2.75) is 19.1 Å². The minimum absolute atomic E-state index is 0.186. The average molecular weight is 269 g/mol. The van der Waals surface area contributed by atoms with Crippen molar-refractivity contribution in [1.82, 2.24) is 25.5 Å². The van der Waals surface area contributed by atoms with Crippen molar-refractivity contribution in [3.05, 3.63) is 36.2 Å². The number of hydrogen-bond donors (Lipinski definition) is 2. The zero-order chi connectivity index (χ0) is 13.7. The van der Waals surface area contributed by atoms with E-state index in [1.807, 2.05) is 30.3 Å². The van der Waals surface area contributed by atoms with Crippen LogP contribution in [0.2, 0.25) is 0 Å². The van der Waals surface area contributed by atoms with Crippen molar-refractivity contribution in [1.29, 1.82) is 0 Å². The van der Waals surface area contributed by atoms with Gasteiger partial charge in [0, 0.05) is 6.54 Å². The van der Waals surface area contributed by atoms with E-state index in [0.717, 1.165) is 5.69 Å². The summed E-state index contributed by atoms with van der Waals surface area (Å²) in [6.45, 7) is -0.0367. The van der Waals surface area contributed by atoms with E-state index in [1.165, 1.54) is 4.68 Å². The maximum atomic E-state index is 12.1. The van der Waals surface area contributed by atoms with Gasteiger partial charge < -0.3 is 10.4 Å². The lowest BCUT2D eigenvalue weighted by molar-refractivity contribution is -0.00350. The van der Waals surface area contributed by atoms with E-state index in [0.29, 0.717) is 5.82 Å². The van der Waals surface area contributed by atoms with Gasteiger partial charge in [0.25, 0.3) is 6.43 Å². The Morgan fingerprint density at radius 1 is 1.26 bits per heavy atom. The van der Waals surface area contributed by atoms with Crippen LogP contribution in [0.1, 0.15) is 5.82 Å². The molecule has 19 heavy (non-hydrogen) atoms. The Bertz CT molecular complexity index is 505. The predicted molar refractivity (Wildman–Crippen MR) is 62.9 cm³/mol. The first kappa shape index (κ1) is 13.5. The Hall–Kier alpha value is -1.93. The molecule has 1 aromatic heterocycles. The average Bonchev–Trinajstić information content (AvgIpc) is 2.88. The first-order valence-electron chi connectivity index (χ1n) is 5.68. The molecule has 0 aliphatic carbocycles. The number of benzene rings is 1. The van der Waals surface area contributed by atoms with Crippen molar-refractivity contribution >= 4 is 0 Å². The molecule has 0 bridgehead atoms. The second kappa shape index (κ2) is 6.30. The SMILES string of the molecule is OC(CNCc1nnnn1-c1ccccc1)C(F)F. The van der Waals surface area contributed by atoms with Gasteiger partial charge in [-0.15, -0.1) is 5.10 Å². The van der Waals surface area contributed by atoms with E-state index < -0.39 is 12.5 Å². The van der Waals surface area contributed by atoms with Crippen LogP contribution in [0.4, 0.5) is 8.78 Å². The highest BCUT2D eigenvalue weighted by molar-refractivity contribution is 5.30. The summed E-state index contributed by atoms with van der Waals surface area (Å²) >= 11 is 0. The number of aromatic nitrogens is 4. The summed E-state index contributed by atoms with van der Waals surface area (Å²) in [6, 6.07) is 9.20. The molecular weight excluding hydrogens is 256 g/mol. The fourth-order valence-electron chi connectivity index (χ4n) is 1.51. The predicted octanol–water partition coefficient (Wildman–Crippen LogP) is 0.378. The lowest BCUT2D eigenvalue weighted by Crippen LogP contribution is -2.32. The summed E-state index contributed by atoms with van der Waals surface area (Å²) < 4.78 is 25.7. The van der Waals surface area contributed by atoms with E-state index in [1.54, 1.807) is 0 Å². The van der Waals surface area contributed by atoms with Crippen molar-refractivity contribution < 1.29 is 13.9 Å². The van der Waals surface area contributed by atoms with Crippen LogP contribution in [0.15, 0.2) is 30.3 Å². The molecule has 0 radical (unpaired) electrons. The number of hydrogen-bond acceptors (Lipinski definition) is 5. The molecule has 0 aliphatic rings. The molecule has 1 unspecified atom stereocenters. The summed E-state index contributed by atoms with van der Waals surface area (Å²) in [6.07, 6.45) is -4.46. The molecule has 102 valence electrons. The largest absolute Gasteiger partial charge is 0.386 e. The first-order chi connectivity index (χ1) is 9.18. The molecule has 6 nitrogen and oxygen atoms in total. The third-order valence-electron chi connectivity index (χ3n) is 2.46. The molecule has 2 rings (SSSR count). The quantitative estimate of drug-likeness (QED) is 0.793. The van der Waals surface area contributed by atoms with E-state index >= 15 is 0 Å². The molecule has 0 spiro atoms. The highest BCUT2D eigenvalue weighted by atomic mass is 19.3. The van der Waals surface area contributed by atoms with E-state index in [4.69, 9.17) is 5.11 Å². The third kappa shape index (κ3) is 3.52. The number of aliphatic hydroxyl groups is 1. The van der Waals surface area contributed by atoms with Gasteiger partial charge >= 0.3 is 0 Å². The molecule has 2 N–H and O–H groups in total. The smallest absolute Gasteiger partial charge is 0.265 e. The highest BCUT2D eigenvalue weighted by Crippen LogP contribution is 2.06. The fraction of sp³-hybridized carbons (Fsp3) is 0.364. The normalized spacial score (nSPS) is 12.8. The second-order valence-electron chi connectivity index (χ2n) is 3.88. The molecule has 1 heterocycles. The van der Waals surface area contributed by atoms with Gasteiger partial charge in [0.15, 0.2) is 5.82 Å². The zero-order valence-corrected chi connectivity index (χ0v) is 9.95. The molecule has 0 fully saturated rings. The minimum atomic E-state index is -2.77. The van der Waals surface area contributed by atoms with Crippen LogP contribution in [0.25, 0.3) is 5.69 Å². The molecule has 8 heteroatoms. The first-order valence-corrected chi connectivity index (χ1v) is 5.68. The summed E-state index contributed by atoms with van der Waals surface area (Å²) in [5, 5.41) is 22.8. The Morgan fingerprint density at radius 3 is 2.68 bits per heavy atom. The number of rotatable bonds is 6. The molecule has 0 saturated carbocycles. The van der Waals surface area contributed by atoms with Gasteiger partial charge in [-0.25, -0.2) is 8.78 Å². The second-order valence-corrected chi connectivity index (χ2v) is 3.88. The zero-order valence-electron chi connectivity index (χ0n) is 9.95. The highest BCUT2D eigenvalue weighted by Gasteiger charge is 2.16. The summed E-state index contributed by atoms with van der Waals surface area (Å²) in [4.78, 5) is 0. The summed E-state index contributed by atoms with van der Waals surface area (Å²) in [7, 11) is 0. The van der Waals surface area contributed by atoms with Crippen LogP contribution >= 0.6 is 0 Å². The number of halogens is 2. The number of nitrogens with zero attached hydrogens (tertiary/aromatic N) is 4. The summed E-state index contributed by atoms with van der Waals surface area (Å²) in [5.41, 5.74) is 0.777. The monoisotopic (exact) mass is 269 g/mol.